The van der Waals surface area contributed by atoms with Crippen molar-refractivity contribution in [3.8, 4) is 5.69 Å². The Morgan fingerprint density at radius 1 is 0.882 bits per heavy atom. The van der Waals surface area contributed by atoms with Gasteiger partial charge >= 0.3 is 0 Å². The summed E-state index contributed by atoms with van der Waals surface area (Å²) in [5.74, 6) is -0.479. The molecule has 0 unspecified atom stereocenters. The molecule has 0 aliphatic heterocycles. The summed E-state index contributed by atoms with van der Waals surface area (Å²) >= 11 is 1.33. The number of carbonyl (C=O) groups excluding carboxylic acids is 2. The fourth-order valence-electron chi connectivity index (χ4n) is 3.26. The van der Waals surface area contributed by atoms with E-state index >= 15 is 0 Å². The Balaban J connectivity index is 1.32. The van der Waals surface area contributed by atoms with Crippen LogP contribution in [0.5, 0.6) is 0 Å². The first-order valence-corrected chi connectivity index (χ1v) is 11.7. The number of aromatic nitrogens is 2. The van der Waals surface area contributed by atoms with E-state index in [0.29, 0.717) is 22.8 Å². The van der Waals surface area contributed by atoms with Crippen LogP contribution in [0.3, 0.4) is 0 Å². The third-order valence-corrected chi connectivity index (χ3v) is 6.04. The third-order valence-electron chi connectivity index (χ3n) is 5.08. The molecule has 1 aromatic heterocycles. The highest BCUT2D eigenvalue weighted by atomic mass is 32.2. The van der Waals surface area contributed by atoms with Gasteiger partial charge in [-0.2, -0.15) is 0 Å². The van der Waals surface area contributed by atoms with Gasteiger partial charge in [-0.1, -0.05) is 60.3 Å². The van der Waals surface area contributed by atoms with Crippen molar-refractivity contribution in [2.75, 3.05) is 5.75 Å². The standard InChI is InChI=1S/C26H23FN4O2S/c27-23-9-5-4-8-21(23)17-30-25(33)20-10-12-22(13-11-20)31-15-14-28-26(31)34-18-24(32)29-16-19-6-2-1-3-7-19/h1-15H,16-18H2,(H,29,32)(H,30,33). The molecule has 2 amide bonds. The lowest BCUT2D eigenvalue weighted by molar-refractivity contribution is -0.118. The molecule has 1 heterocycles. The first-order valence-electron chi connectivity index (χ1n) is 10.7. The third kappa shape index (κ3) is 6.11. The molecular formula is C26H23FN4O2S. The summed E-state index contributed by atoms with van der Waals surface area (Å²) in [5.41, 5.74) is 2.76. The molecule has 0 fully saturated rings. The fraction of sp³-hybridized carbons (Fsp3) is 0.115. The maximum Gasteiger partial charge on any atom is 0.251 e. The number of carbonyl (C=O) groups is 2. The Kier molecular flexibility index (Phi) is 7.72. The zero-order chi connectivity index (χ0) is 23.8. The fourth-order valence-corrected chi connectivity index (χ4v) is 4.07. The molecule has 4 rings (SSSR count). The van der Waals surface area contributed by atoms with Gasteiger partial charge in [0.25, 0.3) is 5.91 Å². The summed E-state index contributed by atoms with van der Waals surface area (Å²) in [6.45, 7) is 0.594. The summed E-state index contributed by atoms with van der Waals surface area (Å²) in [6.07, 6.45) is 3.47. The Bertz CT molecular complexity index is 1260. The van der Waals surface area contributed by atoms with Gasteiger partial charge in [-0.05, 0) is 35.9 Å². The normalized spacial score (nSPS) is 10.6. The molecule has 3 aromatic carbocycles. The van der Waals surface area contributed by atoms with Crippen LogP contribution in [0, 0.1) is 5.82 Å². The van der Waals surface area contributed by atoms with E-state index in [2.05, 4.69) is 15.6 Å². The molecule has 0 saturated carbocycles. The van der Waals surface area contributed by atoms with E-state index in [4.69, 9.17) is 0 Å². The van der Waals surface area contributed by atoms with Crippen molar-refractivity contribution in [2.24, 2.45) is 0 Å². The van der Waals surface area contributed by atoms with Crippen LogP contribution in [-0.2, 0) is 17.9 Å². The van der Waals surface area contributed by atoms with Crippen LogP contribution in [0.25, 0.3) is 5.69 Å². The second-order valence-corrected chi connectivity index (χ2v) is 8.39. The Morgan fingerprint density at radius 3 is 2.38 bits per heavy atom. The minimum atomic E-state index is -0.350. The van der Waals surface area contributed by atoms with Crippen molar-refractivity contribution in [1.29, 1.82) is 0 Å². The number of hydrogen-bond donors (Lipinski definition) is 2. The van der Waals surface area contributed by atoms with Gasteiger partial charge in [0.15, 0.2) is 5.16 Å². The summed E-state index contributed by atoms with van der Waals surface area (Å²) in [5, 5.41) is 6.31. The molecule has 0 atom stereocenters. The predicted octanol–water partition coefficient (Wildman–Crippen LogP) is 4.35. The van der Waals surface area contributed by atoms with Crippen LogP contribution in [0.4, 0.5) is 4.39 Å². The Labute approximate surface area is 201 Å². The molecule has 6 nitrogen and oxygen atoms in total. The van der Waals surface area contributed by atoms with Crippen molar-refractivity contribution in [2.45, 2.75) is 18.2 Å². The number of halogens is 1. The van der Waals surface area contributed by atoms with Crippen LogP contribution >= 0.6 is 11.8 Å². The van der Waals surface area contributed by atoms with Crippen LogP contribution < -0.4 is 10.6 Å². The molecule has 34 heavy (non-hydrogen) atoms. The second kappa shape index (κ2) is 11.3. The van der Waals surface area contributed by atoms with Crippen LogP contribution in [-0.4, -0.2) is 27.1 Å². The van der Waals surface area contributed by atoms with Crippen LogP contribution in [0.15, 0.2) is 96.4 Å². The minimum absolute atomic E-state index is 0.0784. The molecule has 2 N–H and O–H groups in total. The lowest BCUT2D eigenvalue weighted by Gasteiger charge is -2.10. The number of imidazole rings is 1. The SMILES string of the molecule is O=C(CSc1nccn1-c1ccc(C(=O)NCc2ccccc2F)cc1)NCc1ccccc1. The molecule has 0 bridgehead atoms. The first kappa shape index (κ1) is 23.3. The zero-order valence-corrected chi connectivity index (χ0v) is 19.1. The van der Waals surface area contributed by atoms with Gasteiger partial charge in [-0.15, -0.1) is 0 Å². The van der Waals surface area contributed by atoms with Crippen molar-refractivity contribution in [3.63, 3.8) is 0 Å². The maximum absolute atomic E-state index is 13.7. The van der Waals surface area contributed by atoms with E-state index < -0.39 is 0 Å². The quantitative estimate of drug-likeness (QED) is 0.354. The van der Waals surface area contributed by atoms with Crippen molar-refractivity contribution < 1.29 is 14.0 Å². The van der Waals surface area contributed by atoms with E-state index in [1.807, 2.05) is 34.9 Å². The number of nitrogens with zero attached hydrogens (tertiary/aromatic N) is 2. The molecule has 0 aliphatic carbocycles. The molecule has 172 valence electrons. The monoisotopic (exact) mass is 474 g/mol. The number of hydrogen-bond acceptors (Lipinski definition) is 4. The van der Waals surface area contributed by atoms with Gasteiger partial charge in [0, 0.05) is 42.3 Å². The molecular weight excluding hydrogens is 451 g/mol. The van der Waals surface area contributed by atoms with E-state index in [9.17, 15) is 14.0 Å². The van der Waals surface area contributed by atoms with Crippen molar-refractivity contribution >= 4 is 23.6 Å². The smallest absolute Gasteiger partial charge is 0.251 e. The van der Waals surface area contributed by atoms with Gasteiger partial charge in [-0.3, -0.25) is 14.2 Å². The Hall–Kier alpha value is -3.91. The Morgan fingerprint density at radius 2 is 1.62 bits per heavy atom. The summed E-state index contributed by atoms with van der Waals surface area (Å²) in [7, 11) is 0. The number of amides is 2. The summed E-state index contributed by atoms with van der Waals surface area (Å²) in [4.78, 5) is 29.0. The highest BCUT2D eigenvalue weighted by Gasteiger charge is 2.11. The van der Waals surface area contributed by atoms with Gasteiger partial charge in [0.1, 0.15) is 5.82 Å². The minimum Gasteiger partial charge on any atom is -0.351 e. The maximum atomic E-state index is 13.7. The number of rotatable bonds is 9. The highest BCUT2D eigenvalue weighted by molar-refractivity contribution is 7.99. The molecule has 0 saturated heterocycles. The predicted molar refractivity (Wildman–Crippen MR) is 130 cm³/mol. The molecule has 8 heteroatoms. The van der Waals surface area contributed by atoms with Crippen LogP contribution in [0.2, 0.25) is 0 Å². The van der Waals surface area contributed by atoms with E-state index in [1.54, 1.807) is 54.9 Å². The van der Waals surface area contributed by atoms with Crippen molar-refractivity contribution in [1.82, 2.24) is 20.2 Å². The largest absolute Gasteiger partial charge is 0.351 e. The first-order chi connectivity index (χ1) is 16.6. The van der Waals surface area contributed by atoms with Gasteiger partial charge < -0.3 is 10.6 Å². The van der Waals surface area contributed by atoms with E-state index in [-0.39, 0.29) is 29.9 Å². The van der Waals surface area contributed by atoms with Gasteiger partial charge in [0.05, 0.1) is 5.75 Å². The second-order valence-electron chi connectivity index (χ2n) is 7.45. The van der Waals surface area contributed by atoms with Crippen LogP contribution in [0.1, 0.15) is 21.5 Å². The number of benzene rings is 3. The number of nitrogens with one attached hydrogen (secondary N) is 2. The topological polar surface area (TPSA) is 76.0 Å². The zero-order valence-electron chi connectivity index (χ0n) is 18.3. The van der Waals surface area contributed by atoms with Gasteiger partial charge in [-0.25, -0.2) is 9.37 Å². The average molecular weight is 475 g/mol. The molecule has 0 aliphatic rings. The highest BCUT2D eigenvalue weighted by Crippen LogP contribution is 2.21. The lowest BCUT2D eigenvalue weighted by Crippen LogP contribution is -2.24. The van der Waals surface area contributed by atoms with Gasteiger partial charge in [0.2, 0.25) is 5.91 Å². The molecule has 0 radical (unpaired) electrons. The summed E-state index contributed by atoms with van der Waals surface area (Å²) in [6, 6.07) is 23.1. The molecule has 0 spiro atoms. The lowest BCUT2D eigenvalue weighted by atomic mass is 10.1. The van der Waals surface area contributed by atoms with Crippen molar-refractivity contribution in [3.05, 3.63) is 114 Å². The van der Waals surface area contributed by atoms with E-state index in [0.717, 1.165) is 11.3 Å². The average Bonchev–Trinajstić information content (AvgIpc) is 3.35. The summed E-state index contributed by atoms with van der Waals surface area (Å²) < 4.78 is 15.6. The number of thioether (sulfide) groups is 1. The van der Waals surface area contributed by atoms with E-state index in [1.165, 1.54) is 17.8 Å². The molecule has 4 aromatic rings.